The topological polar surface area (TPSA) is 121 Å². The summed E-state index contributed by atoms with van der Waals surface area (Å²) >= 11 is 0. The number of rotatable bonds is 9. The van der Waals surface area contributed by atoms with E-state index in [1.54, 1.807) is 36.2 Å². The Morgan fingerprint density at radius 3 is 2.27 bits per heavy atom. The highest BCUT2D eigenvalue weighted by molar-refractivity contribution is 5.94. The van der Waals surface area contributed by atoms with Crippen LogP contribution in [-0.4, -0.2) is 83.8 Å². The number of nitrogens with zero attached hydrogens (tertiary/aromatic N) is 3. The van der Waals surface area contributed by atoms with Gasteiger partial charge in [0.25, 0.3) is 5.91 Å². The number of carbonyl (C=O) groups is 4. The minimum Gasteiger partial charge on any atom is -0.371 e. The van der Waals surface area contributed by atoms with Gasteiger partial charge in [-0.25, -0.2) is 0 Å². The summed E-state index contributed by atoms with van der Waals surface area (Å²) < 4.78 is 5.99. The average molecular weight is 562 g/mol. The fourth-order valence-electron chi connectivity index (χ4n) is 6.14. The van der Waals surface area contributed by atoms with Crippen LogP contribution < -0.4 is 10.6 Å². The Morgan fingerprint density at radius 1 is 1.00 bits per heavy atom. The molecule has 3 fully saturated rings. The summed E-state index contributed by atoms with van der Waals surface area (Å²) in [6, 6.07) is 13.8. The van der Waals surface area contributed by atoms with Crippen molar-refractivity contribution < 1.29 is 23.9 Å². The van der Waals surface area contributed by atoms with Crippen LogP contribution in [0.25, 0.3) is 0 Å². The monoisotopic (exact) mass is 561 g/mol. The van der Waals surface area contributed by atoms with E-state index in [-0.39, 0.29) is 41.5 Å². The lowest BCUT2D eigenvalue weighted by molar-refractivity contribution is -0.152. The van der Waals surface area contributed by atoms with Crippen molar-refractivity contribution in [3.8, 4) is 0 Å². The van der Waals surface area contributed by atoms with Crippen molar-refractivity contribution >= 4 is 23.6 Å². The van der Waals surface area contributed by atoms with Crippen molar-refractivity contribution in [2.75, 3.05) is 33.2 Å². The second kappa shape index (κ2) is 11.2. The fourth-order valence-corrected chi connectivity index (χ4v) is 6.14. The first-order valence-corrected chi connectivity index (χ1v) is 14.2. The van der Waals surface area contributed by atoms with Gasteiger partial charge < -0.3 is 25.2 Å². The van der Waals surface area contributed by atoms with E-state index in [1.807, 2.05) is 35.2 Å². The molecule has 3 heterocycles. The van der Waals surface area contributed by atoms with Crippen LogP contribution in [0.1, 0.15) is 43.2 Å². The van der Waals surface area contributed by atoms with Crippen molar-refractivity contribution in [3.05, 3.63) is 66.0 Å². The molecule has 0 unspecified atom stereocenters. The highest BCUT2D eigenvalue weighted by Crippen LogP contribution is 2.54. The number of likely N-dealkylation sites (tertiary alicyclic amines) is 2. The van der Waals surface area contributed by atoms with E-state index in [9.17, 15) is 19.2 Å². The molecule has 0 bridgehead atoms. The lowest BCUT2D eigenvalue weighted by Crippen LogP contribution is -2.65. The number of ether oxygens (including phenoxy) is 1. The average Bonchev–Trinajstić information content (AvgIpc) is 3.42. The number of nitrogens with one attached hydrogen (secondary N) is 2. The summed E-state index contributed by atoms with van der Waals surface area (Å²) in [7, 11) is 1.52. The van der Waals surface area contributed by atoms with Crippen molar-refractivity contribution in [2.24, 2.45) is 22.7 Å². The lowest BCUT2D eigenvalue weighted by Gasteiger charge is -2.50. The third kappa shape index (κ3) is 5.84. The van der Waals surface area contributed by atoms with E-state index < -0.39 is 23.5 Å². The van der Waals surface area contributed by atoms with Crippen LogP contribution in [0.4, 0.5) is 0 Å². The first kappa shape index (κ1) is 28.7. The quantitative estimate of drug-likeness (QED) is 0.482. The standard InChI is InChI=1S/C31H39N5O5/c1-20(41-16-21-10-6-5-7-11-21)25(27(38)32-4)34-26(37)23-15-35(29(40)24-12-8-9-13-33-24)17-31(23)18-36(19-31)28(39)22-14-30(22,2)3/h5-13,20,22-23,25H,14-19H2,1-4H3,(H,32,38)(H,34,37)/t20-,22-,23+,25+/m1/s1. The van der Waals surface area contributed by atoms with Crippen molar-refractivity contribution in [1.29, 1.82) is 0 Å². The fraction of sp³-hybridized carbons (Fsp3) is 0.516. The highest BCUT2D eigenvalue weighted by Gasteiger charge is 2.62. The zero-order chi connectivity index (χ0) is 29.4. The van der Waals surface area contributed by atoms with Gasteiger partial charge in [0.15, 0.2) is 0 Å². The van der Waals surface area contributed by atoms with Crippen molar-refractivity contribution in [3.63, 3.8) is 0 Å². The first-order valence-electron chi connectivity index (χ1n) is 14.2. The molecule has 2 N–H and O–H groups in total. The van der Waals surface area contributed by atoms with E-state index >= 15 is 0 Å². The summed E-state index contributed by atoms with van der Waals surface area (Å²) in [5.74, 6) is -1.44. The number of aromatic nitrogens is 1. The predicted octanol–water partition coefficient (Wildman–Crippen LogP) is 1.86. The molecule has 2 saturated heterocycles. The maximum Gasteiger partial charge on any atom is 0.272 e. The van der Waals surface area contributed by atoms with Gasteiger partial charge in [-0.15, -0.1) is 0 Å². The molecule has 1 aliphatic carbocycles. The van der Waals surface area contributed by atoms with Gasteiger partial charge in [0.05, 0.1) is 18.6 Å². The Labute approximate surface area is 240 Å². The van der Waals surface area contributed by atoms with Crippen LogP contribution in [0, 0.1) is 22.7 Å². The molecule has 218 valence electrons. The molecule has 10 heteroatoms. The first-order chi connectivity index (χ1) is 19.5. The number of hydrogen-bond acceptors (Lipinski definition) is 6. The van der Waals surface area contributed by atoms with Crippen LogP contribution in [0.5, 0.6) is 0 Å². The van der Waals surface area contributed by atoms with E-state index in [1.165, 1.54) is 7.05 Å². The summed E-state index contributed by atoms with van der Waals surface area (Å²) in [5.41, 5.74) is 0.675. The number of likely N-dealkylation sites (N-methyl/N-ethyl adjacent to an activating group) is 1. The van der Waals surface area contributed by atoms with Crippen LogP contribution in [0.3, 0.4) is 0 Å². The van der Waals surface area contributed by atoms with Gasteiger partial charge in [-0.2, -0.15) is 0 Å². The van der Waals surface area contributed by atoms with E-state index in [0.29, 0.717) is 31.9 Å². The molecule has 3 aliphatic rings. The second-order valence-corrected chi connectivity index (χ2v) is 12.4. The van der Waals surface area contributed by atoms with Gasteiger partial charge in [-0.3, -0.25) is 24.2 Å². The Bertz CT molecular complexity index is 1290. The highest BCUT2D eigenvalue weighted by atomic mass is 16.5. The van der Waals surface area contributed by atoms with Crippen molar-refractivity contribution in [2.45, 2.75) is 45.9 Å². The molecular weight excluding hydrogens is 522 g/mol. The number of amides is 4. The Morgan fingerprint density at radius 2 is 1.66 bits per heavy atom. The third-order valence-corrected chi connectivity index (χ3v) is 8.92. The molecule has 4 amide bonds. The van der Waals surface area contributed by atoms with Crippen LogP contribution in [0.15, 0.2) is 54.7 Å². The van der Waals surface area contributed by atoms with E-state index in [2.05, 4.69) is 29.5 Å². The molecule has 4 atom stereocenters. The predicted molar refractivity (Wildman–Crippen MR) is 151 cm³/mol. The Kier molecular flexibility index (Phi) is 7.87. The smallest absolute Gasteiger partial charge is 0.272 e. The minimum absolute atomic E-state index is 0.0000248. The van der Waals surface area contributed by atoms with E-state index in [4.69, 9.17) is 4.74 Å². The van der Waals surface area contributed by atoms with Crippen LogP contribution in [0.2, 0.25) is 0 Å². The minimum atomic E-state index is -0.932. The maximum absolute atomic E-state index is 13.9. The number of pyridine rings is 1. The number of carbonyl (C=O) groups excluding carboxylic acids is 4. The molecular formula is C31H39N5O5. The largest absolute Gasteiger partial charge is 0.371 e. The van der Waals surface area contributed by atoms with Gasteiger partial charge >= 0.3 is 0 Å². The van der Waals surface area contributed by atoms with Gasteiger partial charge in [0, 0.05) is 50.8 Å². The molecule has 10 nitrogen and oxygen atoms in total. The zero-order valence-electron chi connectivity index (χ0n) is 24.1. The molecule has 0 radical (unpaired) electrons. The maximum atomic E-state index is 13.9. The molecule has 1 saturated carbocycles. The SMILES string of the molecule is CNC(=O)[C@@H](NC(=O)[C@@H]1CN(C(=O)c2ccccn2)CC12CN(C(=O)[C@H]1CC1(C)C)C2)[C@@H](C)OCc1ccccc1. The molecule has 1 aromatic heterocycles. The molecule has 1 spiro atoms. The number of benzene rings is 1. The van der Waals surface area contributed by atoms with Crippen molar-refractivity contribution in [1.82, 2.24) is 25.4 Å². The summed E-state index contributed by atoms with van der Waals surface area (Å²) in [5, 5.41) is 5.55. The lowest BCUT2D eigenvalue weighted by atomic mass is 9.70. The van der Waals surface area contributed by atoms with Crippen LogP contribution >= 0.6 is 0 Å². The molecule has 2 aromatic rings. The summed E-state index contributed by atoms with van der Waals surface area (Å²) in [6.07, 6.45) is 1.81. The normalized spacial score (nSPS) is 23.3. The van der Waals surface area contributed by atoms with Gasteiger partial charge in [0.2, 0.25) is 17.7 Å². The Hall–Kier alpha value is -3.79. The molecule has 5 rings (SSSR count). The van der Waals surface area contributed by atoms with Gasteiger partial charge in [-0.1, -0.05) is 50.2 Å². The summed E-state index contributed by atoms with van der Waals surface area (Å²) in [4.78, 5) is 60.9. The van der Waals surface area contributed by atoms with Gasteiger partial charge in [-0.05, 0) is 36.5 Å². The van der Waals surface area contributed by atoms with E-state index in [0.717, 1.165) is 12.0 Å². The molecule has 2 aliphatic heterocycles. The summed E-state index contributed by atoms with van der Waals surface area (Å²) in [6.45, 7) is 7.53. The molecule has 41 heavy (non-hydrogen) atoms. The van der Waals surface area contributed by atoms with Crippen LogP contribution in [-0.2, 0) is 25.7 Å². The third-order valence-electron chi connectivity index (χ3n) is 8.92. The Balaban J connectivity index is 1.32. The second-order valence-electron chi connectivity index (χ2n) is 12.4. The number of hydrogen-bond donors (Lipinski definition) is 2. The molecule has 1 aromatic carbocycles. The zero-order valence-corrected chi connectivity index (χ0v) is 24.1. The van der Waals surface area contributed by atoms with Gasteiger partial charge in [0.1, 0.15) is 11.7 Å².